The number of aliphatic hydroxyl groups is 2. The molecule has 0 aromatic heterocycles. The molecule has 216 valence electrons. The first-order chi connectivity index (χ1) is 18.0. The smallest absolute Gasteiger partial charge is 0.310 e. The van der Waals surface area contributed by atoms with Crippen molar-refractivity contribution < 1.29 is 19.7 Å². The van der Waals surface area contributed by atoms with E-state index in [0.29, 0.717) is 24.5 Å². The van der Waals surface area contributed by atoms with Crippen molar-refractivity contribution in [3.05, 3.63) is 0 Å². The lowest BCUT2D eigenvalue weighted by molar-refractivity contribution is -0.156. The molecule has 0 spiro atoms. The van der Waals surface area contributed by atoms with Crippen LogP contribution in [0.3, 0.4) is 0 Å². The van der Waals surface area contributed by atoms with Crippen LogP contribution in [0.5, 0.6) is 0 Å². The molecule has 37 heavy (non-hydrogen) atoms. The van der Waals surface area contributed by atoms with Crippen LogP contribution in [0.15, 0.2) is 0 Å². The highest BCUT2D eigenvalue weighted by molar-refractivity contribution is 5.71. The summed E-state index contributed by atoms with van der Waals surface area (Å²) >= 11 is 0. The Morgan fingerprint density at radius 1 is 0.757 bits per heavy atom. The Balaban J connectivity index is 1.71. The molecule has 3 aliphatic rings. The van der Waals surface area contributed by atoms with E-state index in [0.717, 1.165) is 19.6 Å². The summed E-state index contributed by atoms with van der Waals surface area (Å²) in [5.41, 5.74) is 0. The fourth-order valence-electron chi connectivity index (χ4n) is 6.30. The molecule has 3 fully saturated rings. The van der Waals surface area contributed by atoms with Crippen molar-refractivity contribution in [2.45, 2.75) is 154 Å². The van der Waals surface area contributed by atoms with Crippen molar-refractivity contribution in [2.24, 2.45) is 0 Å². The number of hydrogen-bond acceptors (Lipinski definition) is 7. The zero-order valence-electron chi connectivity index (χ0n) is 24.2. The normalized spacial score (nSPS) is 30.5. The number of nitrogens with zero attached hydrogens (tertiary/aromatic N) is 3. The minimum absolute atomic E-state index is 0.132. The van der Waals surface area contributed by atoms with E-state index >= 15 is 0 Å². The molecular weight excluding hydrogens is 466 g/mol. The summed E-state index contributed by atoms with van der Waals surface area (Å²) in [5.74, 6) is -0.626. The lowest BCUT2D eigenvalue weighted by Crippen LogP contribution is -2.56. The van der Waals surface area contributed by atoms with E-state index < -0.39 is 6.10 Å². The van der Waals surface area contributed by atoms with Crippen LogP contribution in [-0.2, 0) is 9.53 Å². The summed E-state index contributed by atoms with van der Waals surface area (Å²) in [6, 6.07) is 1.65. The predicted octanol–water partition coefficient (Wildman–Crippen LogP) is 4.89. The van der Waals surface area contributed by atoms with E-state index in [1.54, 1.807) is 0 Å². The number of esters is 1. The van der Waals surface area contributed by atoms with Gasteiger partial charge in [0.2, 0.25) is 0 Å². The first-order valence-electron chi connectivity index (χ1n) is 15.8. The Labute approximate surface area is 226 Å². The summed E-state index contributed by atoms with van der Waals surface area (Å²) in [6.45, 7) is 9.46. The summed E-state index contributed by atoms with van der Waals surface area (Å²) in [7, 11) is 0. The molecule has 0 amide bonds. The van der Waals surface area contributed by atoms with Gasteiger partial charge in [0.15, 0.2) is 0 Å². The maximum Gasteiger partial charge on any atom is 0.310 e. The highest BCUT2D eigenvalue weighted by atomic mass is 16.5. The lowest BCUT2D eigenvalue weighted by atomic mass is 10.1. The quantitative estimate of drug-likeness (QED) is 0.112. The van der Waals surface area contributed by atoms with Crippen LogP contribution in [0.4, 0.5) is 0 Å². The van der Waals surface area contributed by atoms with E-state index in [1.165, 1.54) is 96.3 Å². The molecule has 2 N–H and O–H groups in total. The van der Waals surface area contributed by atoms with Crippen molar-refractivity contribution in [2.75, 3.05) is 32.8 Å². The first kappa shape index (κ1) is 30.8. The van der Waals surface area contributed by atoms with Crippen molar-refractivity contribution >= 4 is 5.97 Å². The molecule has 3 aliphatic heterocycles. The summed E-state index contributed by atoms with van der Waals surface area (Å²) < 4.78 is 5.50. The molecular formula is C30H57N3O4. The van der Waals surface area contributed by atoms with Crippen molar-refractivity contribution in [3.8, 4) is 0 Å². The summed E-state index contributed by atoms with van der Waals surface area (Å²) in [6.07, 6.45) is 18.3. The molecule has 7 heteroatoms. The third-order valence-electron chi connectivity index (χ3n) is 8.73. The molecule has 0 saturated carbocycles. The zero-order chi connectivity index (χ0) is 26.7. The molecule has 0 aliphatic carbocycles. The minimum atomic E-state index is -1.01. The second kappa shape index (κ2) is 15.8. The number of carbonyl (C=O) groups is 1. The van der Waals surface area contributed by atoms with Crippen molar-refractivity contribution in [1.29, 1.82) is 0 Å². The average molecular weight is 524 g/mol. The molecule has 3 heterocycles. The van der Waals surface area contributed by atoms with Crippen LogP contribution in [-0.4, -0.2) is 93.7 Å². The Morgan fingerprint density at radius 2 is 1.16 bits per heavy atom. The minimum Gasteiger partial charge on any atom is -0.463 e. The largest absolute Gasteiger partial charge is 0.463 e. The highest BCUT2D eigenvalue weighted by Crippen LogP contribution is 2.51. The van der Waals surface area contributed by atoms with Gasteiger partial charge in [-0.3, -0.25) is 19.5 Å². The second-order valence-electron chi connectivity index (χ2n) is 11.9. The second-order valence-corrected chi connectivity index (χ2v) is 11.9. The molecule has 7 unspecified atom stereocenters. The van der Waals surface area contributed by atoms with Gasteiger partial charge in [0.25, 0.3) is 0 Å². The van der Waals surface area contributed by atoms with E-state index in [-0.39, 0.29) is 25.0 Å². The van der Waals surface area contributed by atoms with Crippen LogP contribution in [0.2, 0.25) is 0 Å². The van der Waals surface area contributed by atoms with Gasteiger partial charge in [-0.1, -0.05) is 97.8 Å². The van der Waals surface area contributed by atoms with Gasteiger partial charge >= 0.3 is 5.97 Å². The number of ether oxygens (including phenoxy) is 1. The molecule has 3 rings (SSSR count). The van der Waals surface area contributed by atoms with Gasteiger partial charge in [-0.05, 0) is 19.3 Å². The van der Waals surface area contributed by atoms with Gasteiger partial charge in [0.05, 0.1) is 13.0 Å². The van der Waals surface area contributed by atoms with Gasteiger partial charge in [-0.2, -0.15) is 0 Å². The van der Waals surface area contributed by atoms with E-state index in [2.05, 4.69) is 35.5 Å². The van der Waals surface area contributed by atoms with Crippen LogP contribution in [0.25, 0.3) is 0 Å². The van der Waals surface area contributed by atoms with Crippen molar-refractivity contribution in [3.63, 3.8) is 0 Å². The molecule has 0 radical (unpaired) electrons. The number of rotatable bonds is 23. The van der Waals surface area contributed by atoms with Gasteiger partial charge in [-0.25, -0.2) is 0 Å². The first-order valence-corrected chi connectivity index (χ1v) is 15.8. The summed E-state index contributed by atoms with van der Waals surface area (Å²) in [5, 5.41) is 18.9. The summed E-state index contributed by atoms with van der Waals surface area (Å²) in [4.78, 5) is 21.0. The number of hydrogen-bond donors (Lipinski definition) is 2. The maximum absolute atomic E-state index is 13.2. The molecule has 0 bridgehead atoms. The van der Waals surface area contributed by atoms with Crippen molar-refractivity contribution in [1.82, 2.24) is 14.7 Å². The van der Waals surface area contributed by atoms with Gasteiger partial charge in [0.1, 0.15) is 18.5 Å². The van der Waals surface area contributed by atoms with Crippen LogP contribution >= 0.6 is 0 Å². The van der Waals surface area contributed by atoms with E-state index in [4.69, 9.17) is 4.74 Å². The standard InChI is InChI=1S/C30H57N3O4/c1-4-7-10-13-16-25-20-31(25)30(19-29(36)37-24-28(35)23-34,32-21-26(32)17-14-11-8-5-2)33-22-27(33)18-15-12-9-6-3/h25-28,34-35H,4-24H2,1-3H3. The fourth-order valence-corrected chi connectivity index (χ4v) is 6.30. The molecule has 0 aromatic rings. The zero-order valence-corrected chi connectivity index (χ0v) is 24.2. The van der Waals surface area contributed by atoms with E-state index in [1.807, 2.05) is 0 Å². The molecule has 7 nitrogen and oxygen atoms in total. The average Bonchev–Trinajstić information content (AvgIpc) is 3.78. The third-order valence-corrected chi connectivity index (χ3v) is 8.73. The Kier molecular flexibility index (Phi) is 13.1. The van der Waals surface area contributed by atoms with Gasteiger partial charge < -0.3 is 14.9 Å². The van der Waals surface area contributed by atoms with E-state index in [9.17, 15) is 15.0 Å². The number of unbranched alkanes of at least 4 members (excludes halogenated alkanes) is 9. The Hall–Kier alpha value is -0.730. The molecule has 7 atom stereocenters. The third kappa shape index (κ3) is 9.16. The highest BCUT2D eigenvalue weighted by Gasteiger charge is 2.67. The Bertz CT molecular complexity index is 598. The van der Waals surface area contributed by atoms with Crippen LogP contribution < -0.4 is 0 Å². The number of carbonyl (C=O) groups excluding carboxylic acids is 1. The Morgan fingerprint density at radius 3 is 1.51 bits per heavy atom. The molecule has 0 aromatic carbocycles. The van der Waals surface area contributed by atoms with Gasteiger partial charge in [-0.15, -0.1) is 0 Å². The lowest BCUT2D eigenvalue weighted by Gasteiger charge is -2.40. The fraction of sp³-hybridized carbons (Fsp3) is 0.967. The predicted molar refractivity (Wildman–Crippen MR) is 149 cm³/mol. The van der Waals surface area contributed by atoms with Crippen LogP contribution in [0, 0.1) is 0 Å². The molecule has 3 saturated heterocycles. The number of aliphatic hydroxyl groups excluding tert-OH is 2. The SMILES string of the molecule is CCCCCCC1CN1C(CC(=O)OCC(O)CO)(N1CC1CCCCCC)N1CC1CCCCCC. The van der Waals surface area contributed by atoms with Crippen LogP contribution in [0.1, 0.15) is 124 Å². The monoisotopic (exact) mass is 523 g/mol. The van der Waals surface area contributed by atoms with Gasteiger partial charge in [0, 0.05) is 37.8 Å². The topological polar surface area (TPSA) is 75.8 Å². The maximum atomic E-state index is 13.2.